The minimum Gasteiger partial charge on any atom is -0.378 e. The number of benzene rings is 1. The van der Waals surface area contributed by atoms with Crippen molar-refractivity contribution in [1.82, 2.24) is 4.90 Å². The molecule has 1 aliphatic rings. The van der Waals surface area contributed by atoms with Crippen LogP contribution in [0.3, 0.4) is 0 Å². The molecule has 0 saturated carbocycles. The van der Waals surface area contributed by atoms with E-state index >= 15 is 0 Å². The Kier molecular flexibility index (Phi) is 6.42. The Labute approximate surface area is 150 Å². The maximum absolute atomic E-state index is 12.1. The predicted molar refractivity (Wildman–Crippen MR) is 99.8 cm³/mol. The number of carbonyl (C=O) groups excluding carboxylic acids is 2. The predicted octanol–water partition coefficient (Wildman–Crippen LogP) is 2.36. The number of hydrogen-bond acceptors (Lipinski definition) is 4. The van der Waals surface area contributed by atoms with Gasteiger partial charge in [-0.3, -0.25) is 9.59 Å². The van der Waals surface area contributed by atoms with E-state index in [9.17, 15) is 9.59 Å². The maximum Gasteiger partial charge on any atom is 0.243 e. The lowest BCUT2D eigenvalue weighted by molar-refractivity contribution is -0.134. The molecule has 0 unspecified atom stereocenters. The fraction of sp³-hybridized carbons (Fsp3) is 0.579. The number of carbonyl (C=O) groups is 2. The molecule has 1 aromatic carbocycles. The standard InChI is InChI=1S/C19H29N3O3/c1-19(2,3)13-18(24)21(4)14-17(23)20-15-5-7-16(8-6-15)22-9-11-25-12-10-22/h5-8H,9-14H2,1-4H3,(H,20,23). The smallest absolute Gasteiger partial charge is 0.243 e. The second-order valence-corrected chi connectivity index (χ2v) is 7.68. The average Bonchev–Trinajstić information content (AvgIpc) is 2.54. The number of amides is 2. The first-order valence-electron chi connectivity index (χ1n) is 8.71. The molecule has 0 radical (unpaired) electrons. The highest BCUT2D eigenvalue weighted by molar-refractivity contribution is 5.94. The Hall–Kier alpha value is -2.08. The minimum atomic E-state index is -0.191. The highest BCUT2D eigenvalue weighted by Crippen LogP contribution is 2.20. The van der Waals surface area contributed by atoms with Crippen molar-refractivity contribution in [3.8, 4) is 0 Å². The number of ether oxygens (including phenoxy) is 1. The van der Waals surface area contributed by atoms with Gasteiger partial charge >= 0.3 is 0 Å². The number of nitrogens with one attached hydrogen (secondary N) is 1. The van der Waals surface area contributed by atoms with E-state index in [-0.39, 0.29) is 23.8 Å². The SMILES string of the molecule is CN(CC(=O)Nc1ccc(N2CCOCC2)cc1)C(=O)CC(C)(C)C. The Morgan fingerprint density at radius 2 is 1.76 bits per heavy atom. The van der Waals surface area contributed by atoms with Gasteiger partial charge in [0.1, 0.15) is 0 Å². The number of hydrogen-bond donors (Lipinski definition) is 1. The van der Waals surface area contributed by atoms with Crippen LogP contribution < -0.4 is 10.2 Å². The van der Waals surface area contributed by atoms with Gasteiger partial charge in [-0.25, -0.2) is 0 Å². The van der Waals surface area contributed by atoms with Crippen LogP contribution in [0.4, 0.5) is 11.4 Å². The number of morpholine rings is 1. The fourth-order valence-corrected chi connectivity index (χ4v) is 2.67. The second-order valence-electron chi connectivity index (χ2n) is 7.68. The molecular formula is C19H29N3O3. The molecule has 1 aliphatic heterocycles. The normalized spacial score (nSPS) is 15.0. The van der Waals surface area contributed by atoms with E-state index in [1.807, 2.05) is 45.0 Å². The summed E-state index contributed by atoms with van der Waals surface area (Å²) in [7, 11) is 1.66. The van der Waals surface area contributed by atoms with Crippen LogP contribution in [0.2, 0.25) is 0 Å². The van der Waals surface area contributed by atoms with Gasteiger partial charge < -0.3 is 19.9 Å². The van der Waals surface area contributed by atoms with Crippen LogP contribution in [0, 0.1) is 5.41 Å². The molecule has 0 aliphatic carbocycles. The van der Waals surface area contributed by atoms with E-state index < -0.39 is 0 Å². The quantitative estimate of drug-likeness (QED) is 0.888. The van der Waals surface area contributed by atoms with Crippen LogP contribution in [-0.4, -0.2) is 56.6 Å². The van der Waals surface area contributed by atoms with Crippen molar-refractivity contribution in [3.63, 3.8) is 0 Å². The van der Waals surface area contributed by atoms with Crippen LogP contribution in [0.5, 0.6) is 0 Å². The number of likely N-dealkylation sites (N-methyl/N-ethyl adjacent to an activating group) is 1. The van der Waals surface area contributed by atoms with Crippen LogP contribution in [-0.2, 0) is 14.3 Å². The van der Waals surface area contributed by atoms with Crippen LogP contribution >= 0.6 is 0 Å². The molecule has 6 nitrogen and oxygen atoms in total. The minimum absolute atomic E-state index is 0.0229. The summed E-state index contributed by atoms with van der Waals surface area (Å²) < 4.78 is 5.35. The lowest BCUT2D eigenvalue weighted by atomic mass is 9.92. The molecule has 1 saturated heterocycles. The van der Waals surface area contributed by atoms with Crippen molar-refractivity contribution < 1.29 is 14.3 Å². The van der Waals surface area contributed by atoms with Gasteiger partial charge in [0.25, 0.3) is 0 Å². The van der Waals surface area contributed by atoms with Gasteiger partial charge in [-0.15, -0.1) is 0 Å². The third-order valence-corrected chi connectivity index (χ3v) is 4.02. The molecular weight excluding hydrogens is 318 g/mol. The molecule has 1 aromatic rings. The van der Waals surface area contributed by atoms with E-state index in [0.29, 0.717) is 6.42 Å². The van der Waals surface area contributed by atoms with E-state index in [2.05, 4.69) is 10.2 Å². The number of nitrogens with zero attached hydrogens (tertiary/aromatic N) is 2. The first-order chi connectivity index (χ1) is 11.7. The molecule has 0 aromatic heterocycles. The van der Waals surface area contributed by atoms with Gasteiger partial charge in [0.2, 0.25) is 11.8 Å². The number of rotatable bonds is 5. The highest BCUT2D eigenvalue weighted by atomic mass is 16.5. The lowest BCUT2D eigenvalue weighted by Crippen LogP contribution is -2.36. The fourth-order valence-electron chi connectivity index (χ4n) is 2.67. The highest BCUT2D eigenvalue weighted by Gasteiger charge is 2.20. The summed E-state index contributed by atoms with van der Waals surface area (Å²) in [6, 6.07) is 7.77. The van der Waals surface area contributed by atoms with Gasteiger partial charge in [0.15, 0.2) is 0 Å². The second kappa shape index (κ2) is 8.34. The van der Waals surface area contributed by atoms with Crippen LogP contribution in [0.25, 0.3) is 0 Å². The third kappa shape index (κ3) is 6.38. The van der Waals surface area contributed by atoms with Crippen molar-refractivity contribution in [2.45, 2.75) is 27.2 Å². The van der Waals surface area contributed by atoms with Gasteiger partial charge in [-0.2, -0.15) is 0 Å². The summed E-state index contributed by atoms with van der Waals surface area (Å²) in [6.07, 6.45) is 0.422. The van der Waals surface area contributed by atoms with Crippen molar-refractivity contribution >= 4 is 23.2 Å². The third-order valence-electron chi connectivity index (χ3n) is 4.02. The van der Waals surface area contributed by atoms with Gasteiger partial charge in [-0.1, -0.05) is 20.8 Å². The van der Waals surface area contributed by atoms with Crippen molar-refractivity contribution in [2.24, 2.45) is 5.41 Å². The Balaban J connectivity index is 1.84. The zero-order valence-corrected chi connectivity index (χ0v) is 15.7. The Morgan fingerprint density at radius 3 is 2.32 bits per heavy atom. The van der Waals surface area contributed by atoms with Crippen LogP contribution in [0.1, 0.15) is 27.2 Å². The summed E-state index contributed by atoms with van der Waals surface area (Å²) in [4.78, 5) is 28.0. The van der Waals surface area contributed by atoms with E-state index in [0.717, 1.165) is 37.7 Å². The summed E-state index contributed by atoms with van der Waals surface area (Å²) in [5, 5.41) is 2.84. The lowest BCUT2D eigenvalue weighted by Gasteiger charge is -2.29. The Morgan fingerprint density at radius 1 is 1.16 bits per heavy atom. The summed E-state index contributed by atoms with van der Waals surface area (Å²) in [6.45, 7) is 9.33. The van der Waals surface area contributed by atoms with E-state index in [1.165, 1.54) is 4.90 Å². The number of anilines is 2. The summed E-state index contributed by atoms with van der Waals surface area (Å²) >= 11 is 0. The van der Waals surface area contributed by atoms with Crippen molar-refractivity contribution in [2.75, 3.05) is 50.1 Å². The maximum atomic E-state index is 12.1. The largest absolute Gasteiger partial charge is 0.378 e. The first kappa shape index (κ1) is 19.2. The summed E-state index contributed by atoms with van der Waals surface area (Å²) in [5.41, 5.74) is 1.77. The monoisotopic (exact) mass is 347 g/mol. The van der Waals surface area contributed by atoms with Crippen molar-refractivity contribution in [3.05, 3.63) is 24.3 Å². The summed E-state index contributed by atoms with van der Waals surface area (Å²) in [5.74, 6) is -0.214. The van der Waals surface area contributed by atoms with E-state index in [4.69, 9.17) is 4.74 Å². The molecule has 1 heterocycles. The molecule has 2 rings (SSSR count). The molecule has 1 fully saturated rings. The van der Waals surface area contributed by atoms with Gasteiger partial charge in [-0.05, 0) is 29.7 Å². The zero-order valence-electron chi connectivity index (χ0n) is 15.7. The topological polar surface area (TPSA) is 61.9 Å². The zero-order chi connectivity index (χ0) is 18.4. The molecule has 25 heavy (non-hydrogen) atoms. The molecule has 1 N–H and O–H groups in total. The molecule has 2 amide bonds. The van der Waals surface area contributed by atoms with Gasteiger partial charge in [0, 0.05) is 37.9 Å². The molecule has 0 spiro atoms. The van der Waals surface area contributed by atoms with E-state index in [1.54, 1.807) is 7.05 Å². The van der Waals surface area contributed by atoms with Crippen LogP contribution in [0.15, 0.2) is 24.3 Å². The molecule has 138 valence electrons. The van der Waals surface area contributed by atoms with Gasteiger partial charge in [0.05, 0.1) is 19.8 Å². The molecule has 6 heteroatoms. The Bertz CT molecular complexity index is 587. The molecule has 0 atom stereocenters. The van der Waals surface area contributed by atoms with Crippen molar-refractivity contribution in [1.29, 1.82) is 0 Å². The first-order valence-corrected chi connectivity index (χ1v) is 8.71. The molecule has 0 bridgehead atoms. The average molecular weight is 347 g/mol.